The Balaban J connectivity index is 2.04. The van der Waals surface area contributed by atoms with E-state index in [2.05, 4.69) is 30.3 Å². The van der Waals surface area contributed by atoms with Gasteiger partial charge in [0.05, 0.1) is 5.69 Å². The molecule has 2 aromatic rings. The van der Waals surface area contributed by atoms with E-state index in [9.17, 15) is 0 Å². The van der Waals surface area contributed by atoms with Gasteiger partial charge in [0.15, 0.2) is 0 Å². The molecular formula is C14H21N7. The maximum Gasteiger partial charge on any atom is 0.257 e. The molecule has 1 N–H and O–H groups in total. The van der Waals surface area contributed by atoms with E-state index < -0.39 is 0 Å². The predicted molar refractivity (Wildman–Crippen MR) is 82.0 cm³/mol. The quantitative estimate of drug-likeness (QED) is 0.923. The molecule has 1 aliphatic heterocycles. The summed E-state index contributed by atoms with van der Waals surface area (Å²) < 4.78 is 1.78. The summed E-state index contributed by atoms with van der Waals surface area (Å²) in [7, 11) is 0. The van der Waals surface area contributed by atoms with Crippen LogP contribution in [0, 0.1) is 13.8 Å². The van der Waals surface area contributed by atoms with Gasteiger partial charge in [0.1, 0.15) is 0 Å². The van der Waals surface area contributed by atoms with Crippen LogP contribution >= 0.6 is 0 Å². The molecule has 2 aromatic heterocycles. The molecule has 0 bridgehead atoms. The van der Waals surface area contributed by atoms with Gasteiger partial charge in [-0.15, -0.1) is 0 Å². The highest BCUT2D eigenvalue weighted by molar-refractivity contribution is 5.41. The van der Waals surface area contributed by atoms with Crippen molar-refractivity contribution in [1.82, 2.24) is 24.7 Å². The maximum absolute atomic E-state index is 4.61. The normalized spacial score (nSPS) is 14.7. The molecule has 0 atom stereocenters. The zero-order valence-corrected chi connectivity index (χ0v) is 12.8. The van der Waals surface area contributed by atoms with Crippen molar-refractivity contribution in [3.63, 3.8) is 0 Å². The van der Waals surface area contributed by atoms with E-state index in [1.165, 1.54) is 12.8 Å². The van der Waals surface area contributed by atoms with Crippen LogP contribution in [0.25, 0.3) is 5.95 Å². The summed E-state index contributed by atoms with van der Waals surface area (Å²) in [6.07, 6.45) is 2.38. The zero-order chi connectivity index (χ0) is 14.8. The number of rotatable bonds is 4. The van der Waals surface area contributed by atoms with Crippen LogP contribution in [0.4, 0.5) is 11.9 Å². The van der Waals surface area contributed by atoms with Gasteiger partial charge in [-0.25, -0.2) is 4.68 Å². The van der Waals surface area contributed by atoms with Gasteiger partial charge in [0.2, 0.25) is 11.9 Å². The van der Waals surface area contributed by atoms with Gasteiger partial charge in [0, 0.05) is 25.3 Å². The molecule has 0 aliphatic carbocycles. The molecule has 1 saturated heterocycles. The van der Waals surface area contributed by atoms with Crippen molar-refractivity contribution in [3.05, 3.63) is 17.5 Å². The molecule has 21 heavy (non-hydrogen) atoms. The average molecular weight is 287 g/mol. The minimum Gasteiger partial charge on any atom is -0.354 e. The minimum atomic E-state index is 0.577. The van der Waals surface area contributed by atoms with Gasteiger partial charge in [-0.1, -0.05) is 0 Å². The molecule has 112 valence electrons. The number of hydrogen-bond acceptors (Lipinski definition) is 6. The number of aromatic nitrogens is 5. The molecule has 0 amide bonds. The van der Waals surface area contributed by atoms with Crippen LogP contribution in [0.3, 0.4) is 0 Å². The monoisotopic (exact) mass is 287 g/mol. The third-order valence-corrected chi connectivity index (χ3v) is 3.53. The summed E-state index contributed by atoms with van der Waals surface area (Å²) in [4.78, 5) is 15.8. The van der Waals surface area contributed by atoms with Crippen molar-refractivity contribution in [2.75, 3.05) is 29.9 Å². The highest BCUT2D eigenvalue weighted by atomic mass is 15.4. The zero-order valence-electron chi connectivity index (χ0n) is 12.8. The van der Waals surface area contributed by atoms with Crippen LogP contribution in [0.15, 0.2) is 6.07 Å². The lowest BCUT2D eigenvalue weighted by molar-refractivity contribution is 0.754. The van der Waals surface area contributed by atoms with Crippen molar-refractivity contribution in [2.45, 2.75) is 33.6 Å². The lowest BCUT2D eigenvalue weighted by atomic mass is 10.4. The molecule has 1 fully saturated rings. The molecule has 7 heteroatoms. The first-order valence-corrected chi connectivity index (χ1v) is 7.46. The fraction of sp³-hybridized carbons (Fsp3) is 0.571. The number of nitrogens with one attached hydrogen (secondary N) is 1. The number of aryl methyl sites for hydroxylation is 2. The fourth-order valence-corrected chi connectivity index (χ4v) is 2.58. The smallest absolute Gasteiger partial charge is 0.257 e. The van der Waals surface area contributed by atoms with Gasteiger partial charge < -0.3 is 10.2 Å². The summed E-state index contributed by atoms with van der Waals surface area (Å²) >= 11 is 0. The van der Waals surface area contributed by atoms with Crippen LogP contribution in [-0.4, -0.2) is 44.4 Å². The summed E-state index contributed by atoms with van der Waals surface area (Å²) in [6, 6.07) is 2.02. The molecule has 1 aliphatic rings. The summed E-state index contributed by atoms with van der Waals surface area (Å²) in [5.74, 6) is 1.92. The van der Waals surface area contributed by atoms with Crippen LogP contribution < -0.4 is 10.2 Å². The average Bonchev–Trinajstić information content (AvgIpc) is 3.08. The molecule has 0 saturated carbocycles. The third-order valence-electron chi connectivity index (χ3n) is 3.53. The molecule has 0 aromatic carbocycles. The van der Waals surface area contributed by atoms with Crippen LogP contribution in [0.1, 0.15) is 31.2 Å². The van der Waals surface area contributed by atoms with Crippen LogP contribution in [0.2, 0.25) is 0 Å². The molecule has 3 heterocycles. The highest BCUT2D eigenvalue weighted by Gasteiger charge is 2.18. The number of nitrogens with zero attached hydrogens (tertiary/aromatic N) is 6. The predicted octanol–water partition coefficient (Wildman–Crippen LogP) is 1.71. The molecule has 0 radical (unpaired) electrons. The number of hydrogen-bond donors (Lipinski definition) is 1. The van der Waals surface area contributed by atoms with Gasteiger partial charge in [0.25, 0.3) is 5.95 Å². The second-order valence-electron chi connectivity index (χ2n) is 5.32. The Labute approximate surface area is 124 Å². The van der Waals surface area contributed by atoms with Crippen molar-refractivity contribution >= 4 is 11.9 Å². The van der Waals surface area contributed by atoms with Gasteiger partial charge in [-0.2, -0.15) is 20.1 Å². The van der Waals surface area contributed by atoms with Gasteiger partial charge in [-0.3, -0.25) is 0 Å². The number of anilines is 2. The second kappa shape index (κ2) is 5.67. The SMILES string of the molecule is CCNc1nc(N2CCCC2)nc(-n2nc(C)cc2C)n1. The van der Waals surface area contributed by atoms with Crippen molar-refractivity contribution in [1.29, 1.82) is 0 Å². The maximum atomic E-state index is 4.61. The van der Waals surface area contributed by atoms with E-state index >= 15 is 0 Å². The second-order valence-corrected chi connectivity index (χ2v) is 5.32. The van der Waals surface area contributed by atoms with Crippen molar-refractivity contribution < 1.29 is 0 Å². The van der Waals surface area contributed by atoms with Crippen LogP contribution in [0.5, 0.6) is 0 Å². The third kappa shape index (κ3) is 2.81. The Hall–Kier alpha value is -2.18. The Morgan fingerprint density at radius 2 is 1.81 bits per heavy atom. The molecule has 0 spiro atoms. The van der Waals surface area contributed by atoms with E-state index in [0.29, 0.717) is 11.9 Å². The fourth-order valence-electron chi connectivity index (χ4n) is 2.58. The van der Waals surface area contributed by atoms with Gasteiger partial charge in [-0.05, 0) is 39.7 Å². The Kier molecular flexibility index (Phi) is 3.72. The van der Waals surface area contributed by atoms with E-state index in [4.69, 9.17) is 0 Å². The minimum absolute atomic E-state index is 0.577. The standard InChI is InChI=1S/C14H21N7/c1-4-15-12-16-13(20-7-5-6-8-20)18-14(17-12)21-11(3)9-10(2)19-21/h9H,4-8H2,1-3H3,(H,15,16,17,18). The topological polar surface area (TPSA) is 71.8 Å². The summed E-state index contributed by atoms with van der Waals surface area (Å²) in [6.45, 7) is 8.80. The van der Waals surface area contributed by atoms with E-state index in [1.807, 2.05) is 26.8 Å². The molecule has 7 nitrogen and oxygen atoms in total. The van der Waals surface area contributed by atoms with Crippen molar-refractivity contribution in [3.8, 4) is 5.95 Å². The van der Waals surface area contributed by atoms with E-state index in [-0.39, 0.29) is 0 Å². The summed E-state index contributed by atoms with van der Waals surface area (Å²) in [5, 5.41) is 7.64. The van der Waals surface area contributed by atoms with Crippen LogP contribution in [-0.2, 0) is 0 Å². The largest absolute Gasteiger partial charge is 0.354 e. The Bertz CT molecular complexity index is 628. The first kappa shape index (κ1) is 13.8. The van der Waals surface area contributed by atoms with E-state index in [0.717, 1.165) is 37.0 Å². The molecular weight excluding hydrogens is 266 g/mol. The molecule has 0 unspecified atom stereocenters. The van der Waals surface area contributed by atoms with Gasteiger partial charge >= 0.3 is 0 Å². The first-order chi connectivity index (χ1) is 10.2. The Morgan fingerprint density at radius 3 is 2.43 bits per heavy atom. The lowest BCUT2D eigenvalue weighted by Gasteiger charge is -2.16. The van der Waals surface area contributed by atoms with Crippen molar-refractivity contribution in [2.24, 2.45) is 0 Å². The summed E-state index contributed by atoms with van der Waals surface area (Å²) in [5.41, 5.74) is 1.98. The highest BCUT2D eigenvalue weighted by Crippen LogP contribution is 2.19. The first-order valence-electron chi connectivity index (χ1n) is 7.46. The lowest BCUT2D eigenvalue weighted by Crippen LogP contribution is -2.23. The molecule has 3 rings (SSSR count). The Morgan fingerprint density at radius 1 is 1.10 bits per heavy atom. The van der Waals surface area contributed by atoms with E-state index in [1.54, 1.807) is 4.68 Å².